The number of halogens is 2. The molecule has 1 aromatic heterocycles. The number of hydrogen-bond acceptors (Lipinski definition) is 5. The number of aryl methyl sites for hydroxylation is 2. The van der Waals surface area contributed by atoms with Crippen LogP contribution in [-0.4, -0.2) is 22.0 Å². The van der Waals surface area contributed by atoms with E-state index in [0.29, 0.717) is 21.1 Å². The standard InChI is InChI=1S/C22H22BrClN4O2/c1-4-15-5-7-17(27-21-9-13(2)25-12-26-21)11-19(15)28-22(29)14(3)30-20-8-6-16(24)10-18(20)23/h5-12,14H,4H2,1-3H3,(H,28,29)(H,25,26,27). The van der Waals surface area contributed by atoms with Gasteiger partial charge in [0.2, 0.25) is 0 Å². The maximum absolute atomic E-state index is 12.8. The summed E-state index contributed by atoms with van der Waals surface area (Å²) in [5, 5.41) is 6.80. The van der Waals surface area contributed by atoms with Gasteiger partial charge in [-0.1, -0.05) is 24.6 Å². The van der Waals surface area contributed by atoms with E-state index in [4.69, 9.17) is 16.3 Å². The van der Waals surface area contributed by atoms with Gasteiger partial charge < -0.3 is 15.4 Å². The van der Waals surface area contributed by atoms with Crippen molar-refractivity contribution < 1.29 is 9.53 Å². The molecule has 3 aromatic rings. The van der Waals surface area contributed by atoms with Crippen molar-refractivity contribution in [2.24, 2.45) is 0 Å². The van der Waals surface area contributed by atoms with Crippen LogP contribution in [0.15, 0.2) is 53.3 Å². The van der Waals surface area contributed by atoms with Crippen molar-refractivity contribution >= 4 is 50.6 Å². The molecule has 0 aliphatic carbocycles. The molecular weight excluding hydrogens is 468 g/mol. The molecule has 1 atom stereocenters. The molecule has 0 aliphatic heterocycles. The highest BCUT2D eigenvalue weighted by Crippen LogP contribution is 2.29. The second-order valence-electron chi connectivity index (χ2n) is 6.72. The summed E-state index contributed by atoms with van der Waals surface area (Å²) in [5.74, 6) is 0.988. The quantitative estimate of drug-likeness (QED) is 0.431. The highest BCUT2D eigenvalue weighted by Gasteiger charge is 2.18. The van der Waals surface area contributed by atoms with Crippen molar-refractivity contribution in [3.63, 3.8) is 0 Å². The van der Waals surface area contributed by atoms with Crippen molar-refractivity contribution in [3.05, 3.63) is 69.5 Å². The summed E-state index contributed by atoms with van der Waals surface area (Å²) in [6.07, 6.45) is 1.59. The fraction of sp³-hybridized carbons (Fsp3) is 0.227. The molecule has 8 heteroatoms. The lowest BCUT2D eigenvalue weighted by Crippen LogP contribution is -2.30. The Morgan fingerprint density at radius 2 is 2.00 bits per heavy atom. The first kappa shape index (κ1) is 22.1. The van der Waals surface area contributed by atoms with Gasteiger partial charge in [0.05, 0.1) is 4.47 Å². The number of nitrogens with one attached hydrogen (secondary N) is 2. The minimum atomic E-state index is -0.701. The monoisotopic (exact) mass is 488 g/mol. The SMILES string of the molecule is CCc1ccc(Nc2cc(C)ncn2)cc1NC(=O)C(C)Oc1ccc(Cl)cc1Br. The third-order valence-electron chi connectivity index (χ3n) is 4.39. The first-order valence-electron chi connectivity index (χ1n) is 9.47. The van der Waals surface area contributed by atoms with Crippen molar-refractivity contribution in [1.82, 2.24) is 9.97 Å². The van der Waals surface area contributed by atoms with E-state index in [9.17, 15) is 4.79 Å². The lowest BCUT2D eigenvalue weighted by molar-refractivity contribution is -0.122. The average molecular weight is 490 g/mol. The fourth-order valence-corrected chi connectivity index (χ4v) is 3.57. The van der Waals surface area contributed by atoms with Crippen LogP contribution in [0.5, 0.6) is 5.75 Å². The average Bonchev–Trinajstić information content (AvgIpc) is 2.70. The molecule has 0 saturated carbocycles. The Hall–Kier alpha value is -2.64. The molecule has 0 aliphatic rings. The van der Waals surface area contributed by atoms with Gasteiger partial charge in [-0.05, 0) is 72.1 Å². The van der Waals surface area contributed by atoms with Crippen LogP contribution in [0.2, 0.25) is 5.02 Å². The second kappa shape index (κ2) is 9.91. The molecule has 1 unspecified atom stereocenters. The Morgan fingerprint density at radius 3 is 2.70 bits per heavy atom. The Morgan fingerprint density at radius 1 is 1.20 bits per heavy atom. The van der Waals surface area contributed by atoms with Crippen LogP contribution in [0.3, 0.4) is 0 Å². The van der Waals surface area contributed by atoms with Crippen LogP contribution in [-0.2, 0) is 11.2 Å². The molecule has 1 amide bonds. The first-order valence-corrected chi connectivity index (χ1v) is 10.6. The van der Waals surface area contributed by atoms with E-state index in [2.05, 4.69) is 36.5 Å². The van der Waals surface area contributed by atoms with Crippen LogP contribution in [0.25, 0.3) is 0 Å². The van der Waals surface area contributed by atoms with Gasteiger partial charge >= 0.3 is 0 Å². The number of nitrogens with zero attached hydrogens (tertiary/aromatic N) is 2. The molecule has 2 aromatic carbocycles. The fourth-order valence-electron chi connectivity index (χ4n) is 2.80. The summed E-state index contributed by atoms with van der Waals surface area (Å²) in [6, 6.07) is 12.8. The van der Waals surface area contributed by atoms with E-state index in [0.717, 1.165) is 29.1 Å². The van der Waals surface area contributed by atoms with Crippen LogP contribution >= 0.6 is 27.5 Å². The van der Waals surface area contributed by atoms with E-state index in [1.165, 1.54) is 6.33 Å². The molecule has 6 nitrogen and oxygen atoms in total. The zero-order valence-corrected chi connectivity index (χ0v) is 19.2. The number of hydrogen-bond donors (Lipinski definition) is 2. The number of benzene rings is 2. The molecular formula is C22H22BrClN4O2. The summed E-state index contributed by atoms with van der Waals surface area (Å²) in [6.45, 7) is 5.64. The van der Waals surface area contributed by atoms with Gasteiger partial charge in [-0.3, -0.25) is 4.79 Å². The lowest BCUT2D eigenvalue weighted by atomic mass is 10.1. The number of anilines is 3. The van der Waals surface area contributed by atoms with Crippen molar-refractivity contribution in [2.45, 2.75) is 33.3 Å². The third kappa shape index (κ3) is 5.70. The van der Waals surface area contributed by atoms with E-state index >= 15 is 0 Å². The minimum Gasteiger partial charge on any atom is -0.480 e. The number of rotatable bonds is 7. The maximum Gasteiger partial charge on any atom is 0.265 e. The van der Waals surface area contributed by atoms with Crippen LogP contribution in [0, 0.1) is 6.92 Å². The number of carbonyl (C=O) groups excluding carboxylic acids is 1. The summed E-state index contributed by atoms with van der Waals surface area (Å²) in [4.78, 5) is 21.1. The predicted octanol–water partition coefficient (Wildman–Crippen LogP) is 5.91. The number of amides is 1. The Kier molecular flexibility index (Phi) is 7.29. The van der Waals surface area contributed by atoms with Crippen molar-refractivity contribution in [3.8, 4) is 5.75 Å². The minimum absolute atomic E-state index is 0.249. The van der Waals surface area contributed by atoms with Gasteiger partial charge in [0, 0.05) is 28.2 Å². The summed E-state index contributed by atoms with van der Waals surface area (Å²) < 4.78 is 6.49. The number of carbonyl (C=O) groups is 1. The van der Waals surface area contributed by atoms with Gasteiger partial charge in [-0.2, -0.15) is 0 Å². The zero-order valence-electron chi connectivity index (χ0n) is 16.9. The molecule has 1 heterocycles. The Bertz CT molecular complexity index is 1060. The molecule has 0 bridgehead atoms. The predicted molar refractivity (Wildman–Crippen MR) is 124 cm³/mol. The van der Waals surface area contributed by atoms with E-state index in [1.54, 1.807) is 25.1 Å². The maximum atomic E-state index is 12.8. The van der Waals surface area contributed by atoms with Gasteiger partial charge in [-0.15, -0.1) is 0 Å². The van der Waals surface area contributed by atoms with Crippen molar-refractivity contribution in [2.75, 3.05) is 10.6 Å². The van der Waals surface area contributed by atoms with Gasteiger partial charge in [0.25, 0.3) is 5.91 Å². The Labute approximate surface area is 189 Å². The molecule has 30 heavy (non-hydrogen) atoms. The molecule has 156 valence electrons. The van der Waals surface area contributed by atoms with E-state index in [-0.39, 0.29) is 5.91 Å². The van der Waals surface area contributed by atoms with Crippen LogP contribution in [0.1, 0.15) is 25.1 Å². The molecule has 0 radical (unpaired) electrons. The van der Waals surface area contributed by atoms with E-state index in [1.807, 2.05) is 38.1 Å². The summed E-state index contributed by atoms with van der Waals surface area (Å²) in [5.41, 5.74) is 3.43. The van der Waals surface area contributed by atoms with Crippen molar-refractivity contribution in [1.29, 1.82) is 0 Å². The normalized spacial score (nSPS) is 11.6. The third-order valence-corrected chi connectivity index (χ3v) is 5.25. The highest BCUT2D eigenvalue weighted by molar-refractivity contribution is 9.10. The Balaban J connectivity index is 1.74. The number of aromatic nitrogens is 2. The molecule has 0 saturated heterocycles. The number of ether oxygens (including phenoxy) is 1. The summed E-state index contributed by atoms with van der Waals surface area (Å²) >= 11 is 9.36. The lowest BCUT2D eigenvalue weighted by Gasteiger charge is -2.18. The highest BCUT2D eigenvalue weighted by atomic mass is 79.9. The summed E-state index contributed by atoms with van der Waals surface area (Å²) in [7, 11) is 0. The van der Waals surface area contributed by atoms with Gasteiger partial charge in [0.15, 0.2) is 6.10 Å². The topological polar surface area (TPSA) is 76.1 Å². The zero-order chi connectivity index (χ0) is 21.7. The second-order valence-corrected chi connectivity index (χ2v) is 8.01. The van der Waals surface area contributed by atoms with Gasteiger partial charge in [-0.25, -0.2) is 9.97 Å². The van der Waals surface area contributed by atoms with Crippen LogP contribution in [0.4, 0.5) is 17.2 Å². The van der Waals surface area contributed by atoms with E-state index < -0.39 is 6.10 Å². The largest absolute Gasteiger partial charge is 0.480 e. The van der Waals surface area contributed by atoms with Gasteiger partial charge in [0.1, 0.15) is 17.9 Å². The molecule has 0 fully saturated rings. The first-order chi connectivity index (χ1) is 14.4. The molecule has 2 N–H and O–H groups in total. The van der Waals surface area contributed by atoms with Crippen LogP contribution < -0.4 is 15.4 Å². The smallest absolute Gasteiger partial charge is 0.265 e. The molecule has 0 spiro atoms. The molecule has 3 rings (SSSR count).